The molecule has 1 fully saturated rings. The smallest absolute Gasteiger partial charge is 0.258 e. The van der Waals surface area contributed by atoms with Gasteiger partial charge < -0.3 is 10.3 Å². The molecule has 1 saturated carbocycles. The van der Waals surface area contributed by atoms with E-state index in [1.54, 1.807) is 0 Å². The van der Waals surface area contributed by atoms with Crippen molar-refractivity contribution in [1.29, 1.82) is 0 Å². The fraction of sp³-hybridized carbons (Fsp3) is 0.500. The summed E-state index contributed by atoms with van der Waals surface area (Å²) < 4.78 is 0. The molecule has 0 amide bonds. The number of hydrogen-bond acceptors (Lipinski definition) is 4. The molecule has 4 nitrogen and oxygen atoms in total. The summed E-state index contributed by atoms with van der Waals surface area (Å²) in [6, 6.07) is 7.99. The minimum atomic E-state index is -0.0533. The van der Waals surface area contributed by atoms with Gasteiger partial charge in [-0.1, -0.05) is 25.0 Å². The van der Waals surface area contributed by atoms with Gasteiger partial charge in [-0.05, 0) is 31.2 Å². The van der Waals surface area contributed by atoms with Crippen molar-refractivity contribution in [3.8, 4) is 0 Å². The van der Waals surface area contributed by atoms with Crippen LogP contribution in [-0.2, 0) is 6.54 Å². The molecule has 2 N–H and O–H groups in total. The molecule has 1 aromatic heterocycles. The van der Waals surface area contributed by atoms with Crippen LogP contribution >= 0.6 is 11.8 Å². The number of benzene rings is 1. The molecule has 1 aromatic carbocycles. The number of nitrogens with one attached hydrogen (secondary N) is 2. The number of thioether (sulfide) groups is 1. The van der Waals surface area contributed by atoms with E-state index in [-0.39, 0.29) is 5.56 Å². The van der Waals surface area contributed by atoms with Crippen molar-refractivity contribution in [3.63, 3.8) is 0 Å². The fourth-order valence-electron chi connectivity index (χ4n) is 3.06. The number of para-hydroxylation sites is 1. The summed E-state index contributed by atoms with van der Waals surface area (Å²) in [6.07, 6.45) is 7.29. The summed E-state index contributed by atoms with van der Waals surface area (Å²) in [5.41, 5.74) is 0.713. The molecule has 5 heteroatoms. The Morgan fingerprint density at radius 2 is 2.14 bits per heavy atom. The first-order chi connectivity index (χ1) is 10.3. The highest BCUT2D eigenvalue weighted by molar-refractivity contribution is 7.99. The molecule has 3 rings (SSSR count). The summed E-state index contributed by atoms with van der Waals surface area (Å²) in [5, 5.41) is 4.90. The largest absolute Gasteiger partial charge is 0.309 e. The lowest BCUT2D eigenvalue weighted by molar-refractivity contribution is 0.380. The van der Waals surface area contributed by atoms with Crippen molar-refractivity contribution in [2.75, 3.05) is 6.26 Å². The van der Waals surface area contributed by atoms with Crippen LogP contribution in [0.3, 0.4) is 0 Å². The third-order valence-corrected chi connectivity index (χ3v) is 5.37. The van der Waals surface area contributed by atoms with E-state index in [2.05, 4.69) is 21.5 Å². The number of fused-ring (bicyclic) bond motifs is 1. The van der Waals surface area contributed by atoms with Crippen LogP contribution in [0.4, 0.5) is 0 Å². The van der Waals surface area contributed by atoms with E-state index in [4.69, 9.17) is 0 Å². The molecule has 2 aromatic rings. The summed E-state index contributed by atoms with van der Waals surface area (Å²) in [5.74, 6) is 0.726. The lowest BCUT2D eigenvalue weighted by atomic mass is 9.95. The van der Waals surface area contributed by atoms with Gasteiger partial charge in [0.2, 0.25) is 0 Å². The van der Waals surface area contributed by atoms with Crippen LogP contribution < -0.4 is 10.9 Å². The quantitative estimate of drug-likeness (QED) is 0.912. The molecule has 1 aliphatic rings. The van der Waals surface area contributed by atoms with Crippen LogP contribution in [0.5, 0.6) is 0 Å². The van der Waals surface area contributed by atoms with Crippen molar-refractivity contribution in [2.24, 2.45) is 0 Å². The number of hydrogen-bond donors (Lipinski definition) is 2. The van der Waals surface area contributed by atoms with E-state index in [0.717, 1.165) is 11.3 Å². The van der Waals surface area contributed by atoms with E-state index in [0.29, 0.717) is 23.2 Å². The monoisotopic (exact) mass is 303 g/mol. The van der Waals surface area contributed by atoms with Gasteiger partial charge in [0, 0.05) is 11.3 Å². The van der Waals surface area contributed by atoms with Crippen LogP contribution in [0.15, 0.2) is 29.1 Å². The van der Waals surface area contributed by atoms with Gasteiger partial charge in [0.05, 0.1) is 17.4 Å². The SMILES string of the molecule is CSC1CCCCC1NCc1nc2ccccc2c(=O)[nH]1. The molecular weight excluding hydrogens is 282 g/mol. The minimum absolute atomic E-state index is 0.0533. The predicted octanol–water partition coefficient (Wildman–Crippen LogP) is 2.69. The lowest BCUT2D eigenvalue weighted by Crippen LogP contribution is -2.40. The molecule has 1 aliphatic carbocycles. The molecule has 0 radical (unpaired) electrons. The second-order valence-electron chi connectivity index (χ2n) is 5.58. The molecule has 0 saturated heterocycles. The number of rotatable bonds is 4. The first-order valence-electron chi connectivity index (χ1n) is 7.52. The molecule has 2 atom stereocenters. The topological polar surface area (TPSA) is 57.8 Å². The Morgan fingerprint density at radius 1 is 1.33 bits per heavy atom. The van der Waals surface area contributed by atoms with E-state index in [1.807, 2.05) is 36.0 Å². The van der Waals surface area contributed by atoms with Crippen molar-refractivity contribution in [1.82, 2.24) is 15.3 Å². The second-order valence-corrected chi connectivity index (χ2v) is 6.65. The Hall–Kier alpha value is -1.33. The Morgan fingerprint density at radius 3 is 3.00 bits per heavy atom. The van der Waals surface area contributed by atoms with Gasteiger partial charge in [-0.2, -0.15) is 11.8 Å². The van der Waals surface area contributed by atoms with Gasteiger partial charge in [0.15, 0.2) is 0 Å². The van der Waals surface area contributed by atoms with Crippen LogP contribution in [0, 0.1) is 0 Å². The number of H-pyrrole nitrogens is 1. The van der Waals surface area contributed by atoms with Crippen LogP contribution in [0.25, 0.3) is 10.9 Å². The first kappa shape index (κ1) is 14.6. The fourth-order valence-corrected chi connectivity index (χ4v) is 4.02. The summed E-state index contributed by atoms with van der Waals surface area (Å²) in [6.45, 7) is 0.627. The zero-order valence-corrected chi connectivity index (χ0v) is 13.1. The van der Waals surface area contributed by atoms with E-state index >= 15 is 0 Å². The Balaban J connectivity index is 1.74. The zero-order chi connectivity index (χ0) is 14.7. The van der Waals surface area contributed by atoms with Gasteiger partial charge in [0.1, 0.15) is 5.82 Å². The van der Waals surface area contributed by atoms with E-state index < -0.39 is 0 Å². The third-order valence-electron chi connectivity index (χ3n) is 4.20. The normalized spacial score (nSPS) is 22.5. The first-order valence-corrected chi connectivity index (χ1v) is 8.81. The highest BCUT2D eigenvalue weighted by atomic mass is 32.2. The second kappa shape index (κ2) is 6.62. The third kappa shape index (κ3) is 3.30. The molecule has 0 spiro atoms. The van der Waals surface area contributed by atoms with Crippen molar-refractivity contribution < 1.29 is 0 Å². The Labute approximate surface area is 128 Å². The van der Waals surface area contributed by atoms with Crippen molar-refractivity contribution >= 4 is 22.7 Å². The van der Waals surface area contributed by atoms with Crippen LogP contribution in [-0.4, -0.2) is 27.5 Å². The molecule has 1 heterocycles. The van der Waals surface area contributed by atoms with Crippen LogP contribution in [0.1, 0.15) is 31.5 Å². The Bertz CT molecular complexity index is 670. The van der Waals surface area contributed by atoms with E-state index in [1.165, 1.54) is 25.7 Å². The maximum Gasteiger partial charge on any atom is 0.258 e. The summed E-state index contributed by atoms with van der Waals surface area (Å²) in [7, 11) is 0. The van der Waals surface area contributed by atoms with Gasteiger partial charge in [-0.15, -0.1) is 0 Å². The minimum Gasteiger partial charge on any atom is -0.309 e. The molecule has 0 bridgehead atoms. The highest BCUT2D eigenvalue weighted by Crippen LogP contribution is 2.27. The van der Waals surface area contributed by atoms with E-state index in [9.17, 15) is 4.79 Å². The lowest BCUT2D eigenvalue weighted by Gasteiger charge is -2.30. The standard InChI is InChI=1S/C16H21N3OS/c1-21-14-9-5-4-8-13(14)17-10-15-18-12-7-3-2-6-11(12)16(20)19-15/h2-3,6-7,13-14,17H,4-5,8-10H2,1H3,(H,18,19,20). The number of aromatic amines is 1. The average Bonchev–Trinajstić information content (AvgIpc) is 2.53. The summed E-state index contributed by atoms with van der Waals surface area (Å²) in [4.78, 5) is 19.5. The number of nitrogens with zero attached hydrogens (tertiary/aromatic N) is 1. The van der Waals surface area contributed by atoms with Crippen LogP contribution in [0.2, 0.25) is 0 Å². The van der Waals surface area contributed by atoms with Gasteiger partial charge in [0.25, 0.3) is 5.56 Å². The van der Waals surface area contributed by atoms with Crippen molar-refractivity contribution in [2.45, 2.75) is 43.5 Å². The molecule has 112 valence electrons. The van der Waals surface area contributed by atoms with Gasteiger partial charge >= 0.3 is 0 Å². The molecule has 21 heavy (non-hydrogen) atoms. The van der Waals surface area contributed by atoms with Gasteiger partial charge in [-0.25, -0.2) is 4.98 Å². The van der Waals surface area contributed by atoms with Gasteiger partial charge in [-0.3, -0.25) is 4.79 Å². The van der Waals surface area contributed by atoms with Crippen molar-refractivity contribution in [3.05, 3.63) is 40.4 Å². The number of aromatic nitrogens is 2. The zero-order valence-electron chi connectivity index (χ0n) is 12.3. The maximum absolute atomic E-state index is 12.0. The highest BCUT2D eigenvalue weighted by Gasteiger charge is 2.23. The average molecular weight is 303 g/mol. The maximum atomic E-state index is 12.0. The predicted molar refractivity (Wildman–Crippen MR) is 88.8 cm³/mol. The molecule has 2 unspecified atom stereocenters. The Kier molecular flexibility index (Phi) is 4.60. The molecule has 0 aliphatic heterocycles. The molecular formula is C16H21N3OS. The summed E-state index contributed by atoms with van der Waals surface area (Å²) >= 11 is 1.94.